The van der Waals surface area contributed by atoms with Crippen LogP contribution in [0.1, 0.15) is 26.2 Å². The molecule has 0 aromatic carbocycles. The third-order valence-corrected chi connectivity index (χ3v) is 6.82. The minimum Gasteiger partial charge on any atom is -0.481 e. The maximum Gasteiger partial charge on any atom is 0.397 e. The average molecular weight is 385 g/mol. The lowest BCUT2D eigenvalue weighted by atomic mass is 9.89. The maximum atomic E-state index is 11.8. The van der Waals surface area contributed by atoms with E-state index in [9.17, 15) is 14.1 Å². The van der Waals surface area contributed by atoms with Crippen LogP contribution in [0, 0.1) is 5.92 Å². The topological polar surface area (TPSA) is 85.2 Å². The molecule has 6 nitrogen and oxygen atoms in total. The molecule has 0 fully saturated rings. The molecular formula is C11H13FINO5. The number of aliphatic carboxylic acids is 1. The van der Waals surface area contributed by atoms with E-state index in [1.165, 1.54) is 0 Å². The highest BCUT2D eigenvalue weighted by atomic mass is 127. The Balaban J connectivity index is 2.11. The summed E-state index contributed by atoms with van der Waals surface area (Å²) in [5, 5.41) is 12.7. The first-order chi connectivity index (χ1) is 8.97. The number of carboxylic acid groups (broad SMARTS) is 1. The van der Waals surface area contributed by atoms with Crippen molar-refractivity contribution in [2.45, 2.75) is 35.7 Å². The van der Waals surface area contributed by atoms with Crippen molar-refractivity contribution in [2.75, 3.05) is 0 Å². The lowest BCUT2D eigenvalue weighted by Crippen LogP contribution is -2.32. The van der Waals surface area contributed by atoms with Gasteiger partial charge < -0.3 is 9.94 Å². The number of oxime groups is 1. The van der Waals surface area contributed by atoms with E-state index in [0.29, 0.717) is 12.8 Å². The fourth-order valence-corrected chi connectivity index (χ4v) is 5.18. The third kappa shape index (κ3) is 2.93. The molecule has 2 aliphatic heterocycles. The Kier molecular flexibility index (Phi) is 4.16. The molecule has 3 atom stereocenters. The van der Waals surface area contributed by atoms with E-state index >= 15 is 0 Å². The lowest BCUT2D eigenvalue weighted by Gasteiger charge is -2.21. The van der Waals surface area contributed by atoms with Crippen LogP contribution in [0.15, 0.2) is 5.16 Å². The van der Waals surface area contributed by atoms with Crippen molar-refractivity contribution < 1.29 is 29.0 Å². The van der Waals surface area contributed by atoms with Gasteiger partial charge in [0.1, 0.15) is 0 Å². The van der Waals surface area contributed by atoms with E-state index in [0.717, 1.165) is 0 Å². The predicted octanol–water partition coefficient (Wildman–Crippen LogP) is 1.59. The summed E-state index contributed by atoms with van der Waals surface area (Å²) in [6.45, 7) is 1.91. The molecular weight excluding hydrogens is 372 g/mol. The molecule has 0 aromatic rings. The number of carbonyl (C=O) groups excluding carboxylic acids is 1. The molecule has 106 valence electrons. The summed E-state index contributed by atoms with van der Waals surface area (Å²) in [4.78, 5) is 30.6. The molecule has 3 unspecified atom stereocenters. The van der Waals surface area contributed by atoms with Crippen molar-refractivity contribution >= 4 is 42.4 Å². The molecule has 0 aliphatic carbocycles. The van der Waals surface area contributed by atoms with Gasteiger partial charge in [0.2, 0.25) is 0 Å². The molecule has 0 radical (unpaired) electrons. The summed E-state index contributed by atoms with van der Waals surface area (Å²) in [5.41, 5.74) is -0.848. The molecule has 2 aliphatic rings. The van der Waals surface area contributed by atoms with Crippen LogP contribution < -0.4 is 0 Å². The van der Waals surface area contributed by atoms with Crippen molar-refractivity contribution in [3.63, 3.8) is 0 Å². The van der Waals surface area contributed by atoms with Gasteiger partial charge in [-0.25, -0.2) is 9.74 Å². The zero-order valence-electron chi connectivity index (χ0n) is 10.1. The second-order valence-electron chi connectivity index (χ2n) is 4.63. The smallest absolute Gasteiger partial charge is 0.397 e. The van der Waals surface area contributed by atoms with Crippen molar-refractivity contribution in [3.8, 4) is 0 Å². The van der Waals surface area contributed by atoms with Crippen molar-refractivity contribution in [1.82, 2.24) is 0 Å². The van der Waals surface area contributed by atoms with E-state index in [-0.39, 0.29) is 16.1 Å². The second-order valence-corrected chi connectivity index (χ2v) is 7.94. The minimum atomic E-state index is -1.14. The standard InChI is InChI=1S/C11H13FINO5/c1-6-7(9(15)16)2-3-11(5-13-6)4-8(14-19-11)10(17)18-12/h5-7H,2-4H2,1H3,(H,15,16). The van der Waals surface area contributed by atoms with Gasteiger partial charge in [-0.3, -0.25) is 4.79 Å². The molecule has 1 N–H and O–H groups in total. The molecule has 2 heterocycles. The van der Waals surface area contributed by atoms with Gasteiger partial charge in [0.15, 0.2) is 11.3 Å². The number of rotatable bonds is 2. The quantitative estimate of drug-likeness (QED) is 0.577. The Bertz CT molecular complexity index is 466. The number of halogens is 2. The van der Waals surface area contributed by atoms with E-state index in [1.54, 1.807) is 0 Å². The molecule has 2 rings (SSSR count). The van der Waals surface area contributed by atoms with Crippen LogP contribution in [0.2, 0.25) is 0 Å². The van der Waals surface area contributed by atoms with Gasteiger partial charge in [-0.15, -0.1) is 20.7 Å². The van der Waals surface area contributed by atoms with Gasteiger partial charge >= 0.3 is 11.9 Å². The van der Waals surface area contributed by atoms with Crippen LogP contribution in [0.3, 0.4) is 0 Å². The van der Waals surface area contributed by atoms with Crippen LogP contribution in [0.5, 0.6) is 0 Å². The molecule has 19 heavy (non-hydrogen) atoms. The van der Waals surface area contributed by atoms with E-state index in [2.05, 4.69) is 10.1 Å². The minimum absolute atomic E-state index is 0.0933. The predicted molar refractivity (Wildman–Crippen MR) is 73.0 cm³/mol. The van der Waals surface area contributed by atoms with Gasteiger partial charge in [0.05, 0.1) is 5.92 Å². The van der Waals surface area contributed by atoms with Gasteiger partial charge in [0.25, 0.3) is 0 Å². The highest BCUT2D eigenvalue weighted by Crippen LogP contribution is 2.37. The Hall–Kier alpha value is -1.06. The first-order valence-electron chi connectivity index (χ1n) is 5.74. The number of nitrogens with zero attached hydrogens (tertiary/aromatic N) is 1. The fourth-order valence-electron chi connectivity index (χ4n) is 2.15. The molecule has 0 aromatic heterocycles. The van der Waals surface area contributed by atoms with Gasteiger partial charge in [-0.1, -0.05) is 12.1 Å². The van der Waals surface area contributed by atoms with Crippen LogP contribution in [-0.2, 0) is 19.4 Å². The molecule has 8 heteroatoms. The Labute approximate surface area is 118 Å². The zero-order chi connectivity index (χ0) is 14.0. The molecule has 1 spiro atoms. The second kappa shape index (κ2) is 5.51. The lowest BCUT2D eigenvalue weighted by molar-refractivity contribution is -0.174. The molecule has 0 amide bonds. The number of carbonyl (C=O) groups is 2. The third-order valence-electron chi connectivity index (χ3n) is 3.32. The number of carboxylic acids is 1. The number of alkyl halides is 1. The van der Waals surface area contributed by atoms with Gasteiger partial charge in [-0.2, -0.15) is 0 Å². The summed E-state index contributed by atoms with van der Waals surface area (Å²) < 4.78 is 13.9. The first-order valence-corrected chi connectivity index (χ1v) is 8.24. The van der Waals surface area contributed by atoms with Crippen LogP contribution in [0.25, 0.3) is 0 Å². The molecule has 0 bridgehead atoms. The van der Waals surface area contributed by atoms with E-state index in [4.69, 9.17) is 9.94 Å². The zero-order valence-corrected chi connectivity index (χ0v) is 12.3. The Morgan fingerprint density at radius 2 is 2.42 bits per heavy atom. The summed E-state index contributed by atoms with van der Waals surface area (Å²) in [6.07, 6.45) is 1.06. The number of hydrogen-bond acceptors (Lipinski definition) is 5. The van der Waals surface area contributed by atoms with Crippen LogP contribution in [-0.4, -0.2) is 36.3 Å². The highest BCUT2D eigenvalue weighted by Gasteiger charge is 2.43. The average Bonchev–Trinajstić information content (AvgIpc) is 2.72. The highest BCUT2D eigenvalue weighted by molar-refractivity contribution is 14.2. The fraction of sp³-hybridized carbons (Fsp3) is 0.636. The Morgan fingerprint density at radius 1 is 1.68 bits per heavy atom. The van der Waals surface area contributed by atoms with Crippen LogP contribution >= 0.6 is 20.7 Å². The number of hydrogen-bond donors (Lipinski definition) is 1. The van der Waals surface area contributed by atoms with Crippen molar-refractivity contribution in [3.05, 3.63) is 0 Å². The monoisotopic (exact) mass is 385 g/mol. The normalized spacial score (nSPS) is 33.9. The maximum absolute atomic E-state index is 11.8. The van der Waals surface area contributed by atoms with Crippen molar-refractivity contribution in [1.29, 1.82) is 0 Å². The summed E-state index contributed by atoms with van der Waals surface area (Å²) in [5.74, 6) is -2.35. The first kappa shape index (κ1) is 14.4. The summed E-state index contributed by atoms with van der Waals surface area (Å²) in [7, 11) is 0. The summed E-state index contributed by atoms with van der Waals surface area (Å²) in [6, 6.07) is 0. The van der Waals surface area contributed by atoms with E-state index < -0.39 is 44.2 Å². The molecule has 0 saturated carbocycles. The van der Waals surface area contributed by atoms with Gasteiger partial charge in [0, 0.05) is 14.9 Å². The van der Waals surface area contributed by atoms with E-state index in [1.807, 2.05) is 10.9 Å². The Morgan fingerprint density at radius 3 is 3.05 bits per heavy atom. The largest absolute Gasteiger partial charge is 0.481 e. The molecule has 0 saturated heterocycles. The summed E-state index contributed by atoms with van der Waals surface area (Å²) >= 11 is -0.506. The van der Waals surface area contributed by atoms with Gasteiger partial charge in [-0.05, 0) is 16.9 Å². The van der Waals surface area contributed by atoms with Crippen molar-refractivity contribution in [2.24, 2.45) is 11.1 Å². The van der Waals surface area contributed by atoms with Crippen LogP contribution in [0.4, 0.5) is 4.53 Å². The SMILES string of the molecule is CC1I=CC2(CCC1C(=O)O)CC(C(=O)OF)=NO2.